The molecule has 0 unspecified atom stereocenters. The highest BCUT2D eigenvalue weighted by Crippen LogP contribution is 2.48. The van der Waals surface area contributed by atoms with Gasteiger partial charge in [0.15, 0.2) is 0 Å². The van der Waals surface area contributed by atoms with Crippen molar-refractivity contribution in [1.29, 1.82) is 0 Å². The fourth-order valence-corrected chi connectivity index (χ4v) is 19.9. The van der Waals surface area contributed by atoms with Crippen molar-refractivity contribution < 1.29 is 0 Å². The van der Waals surface area contributed by atoms with Gasteiger partial charge in [-0.1, -0.05) is 273 Å². The van der Waals surface area contributed by atoms with Crippen LogP contribution in [0.1, 0.15) is 0 Å². The van der Waals surface area contributed by atoms with Crippen molar-refractivity contribution in [2.75, 3.05) is 9.80 Å². The van der Waals surface area contributed by atoms with Crippen molar-refractivity contribution >= 4 is 184 Å². The van der Waals surface area contributed by atoms with Crippen LogP contribution in [0, 0.1) is 0 Å². The first-order valence-electron chi connectivity index (χ1n) is 38.3. The quantitative estimate of drug-likeness (QED) is 0.128. The zero-order valence-corrected chi connectivity index (χ0v) is 62.5. The van der Waals surface area contributed by atoms with Crippen LogP contribution in [-0.2, 0) is 0 Å². The van der Waals surface area contributed by atoms with E-state index in [0.717, 1.165) is 39.8 Å². The number of anilines is 6. The average Bonchev–Trinajstić information content (AvgIpc) is 1.58. The first kappa shape index (κ1) is 65.0. The van der Waals surface area contributed by atoms with E-state index in [1.807, 2.05) is 22.7 Å². The maximum Gasteiger partial charge on any atom is 0.0555 e. The summed E-state index contributed by atoms with van der Waals surface area (Å²) < 4.78 is 10.2. The van der Waals surface area contributed by atoms with Gasteiger partial charge in [0.1, 0.15) is 0 Å². The molecule has 0 amide bonds. The third-order valence-corrected chi connectivity index (χ3v) is 25.1. The maximum absolute atomic E-state index is 2.44. The largest absolute Gasteiger partial charge is 0.310 e. The monoisotopic (exact) mass is 1460 g/mol. The molecule has 0 saturated carbocycles. The van der Waals surface area contributed by atoms with Crippen LogP contribution in [0.2, 0.25) is 0 Å². The lowest BCUT2D eigenvalue weighted by Gasteiger charge is -2.27. The summed E-state index contributed by atoms with van der Waals surface area (Å²) in [5, 5.41) is 20.4. The zero-order chi connectivity index (χ0) is 73.7. The average molecular weight is 1460 g/mol. The van der Waals surface area contributed by atoms with Crippen LogP contribution in [0.25, 0.3) is 172 Å². The summed E-state index contributed by atoms with van der Waals surface area (Å²) in [7, 11) is 0. The molecule has 4 aromatic heterocycles. The number of nitrogens with zero attached hydrogens (tertiary/aromatic N) is 4. The molecule has 6 heteroatoms. The van der Waals surface area contributed by atoms with Gasteiger partial charge >= 0.3 is 0 Å². The number of rotatable bonds is 11. The first-order chi connectivity index (χ1) is 55.5. The summed E-state index contributed by atoms with van der Waals surface area (Å²) in [6, 6.07) is 151. The molecule has 0 atom stereocenters. The number of aromatic nitrogens is 2. The Balaban J connectivity index is 0.000000138. The Bertz CT molecular complexity index is 7620. The molecule has 0 aliphatic carbocycles. The van der Waals surface area contributed by atoms with Crippen LogP contribution in [0.5, 0.6) is 0 Å². The topological polar surface area (TPSA) is 16.3 Å². The standard InChI is InChI=1S/C56H36N2S.C50H32N2S/c1-2-14-42(15-3-1)57(43-28-24-38(25-29-43)41-23-22-37-12-4-5-13-40(37)36-41)52-34-32-45(46-16-6-7-17-47(46)52)39-26-30-44(31-27-39)58-51-20-10-8-19-50(51)55-53(58)35-33-49-48-18-9-11-21-54(48)59-56(49)55;1-2-12-39(13-3-1)51(40-24-20-34(21-25-40)36-19-18-33-10-4-5-11-35(33)30-36)41-26-22-38-32-42(27-23-37(38)31-41)52-46-16-8-6-15-45(46)49-47(52)29-28-44-43-14-7-9-17-48(43)53-50(44)49/h1-36H;1-32H. The molecule has 0 radical (unpaired) electrons. The molecular weight excluding hydrogens is 1390 g/mol. The van der Waals surface area contributed by atoms with E-state index in [9.17, 15) is 0 Å². The molecule has 0 spiro atoms. The number of benzene rings is 19. The summed E-state index contributed by atoms with van der Waals surface area (Å²) in [4.78, 5) is 4.73. The number of thiophene rings is 2. The van der Waals surface area contributed by atoms with E-state index in [1.165, 1.54) is 166 Å². The lowest BCUT2D eigenvalue weighted by atomic mass is 9.96. The van der Waals surface area contributed by atoms with Crippen LogP contribution < -0.4 is 9.80 Å². The summed E-state index contributed by atoms with van der Waals surface area (Å²) in [6.07, 6.45) is 0. The second-order valence-electron chi connectivity index (χ2n) is 29.1. The second-order valence-corrected chi connectivity index (χ2v) is 31.2. The number of fused-ring (bicyclic) bond motifs is 18. The summed E-state index contributed by atoms with van der Waals surface area (Å²) in [6.45, 7) is 0. The van der Waals surface area contributed by atoms with Gasteiger partial charge in [-0.2, -0.15) is 0 Å². The van der Waals surface area contributed by atoms with Crippen LogP contribution in [0.15, 0.2) is 413 Å². The third-order valence-electron chi connectivity index (χ3n) is 22.7. The van der Waals surface area contributed by atoms with Crippen molar-refractivity contribution in [2.24, 2.45) is 0 Å². The van der Waals surface area contributed by atoms with E-state index in [4.69, 9.17) is 0 Å². The predicted octanol–water partition coefficient (Wildman–Crippen LogP) is 30.9. The number of para-hydroxylation sites is 4. The Morgan fingerprint density at radius 2 is 0.580 bits per heavy atom. The van der Waals surface area contributed by atoms with Crippen molar-refractivity contribution in [3.8, 4) is 44.8 Å². The highest BCUT2D eigenvalue weighted by atomic mass is 32.1. The molecule has 0 aliphatic heterocycles. The predicted molar refractivity (Wildman–Crippen MR) is 483 cm³/mol. The minimum atomic E-state index is 1.11. The van der Waals surface area contributed by atoms with E-state index in [2.05, 4.69) is 431 Å². The van der Waals surface area contributed by atoms with Gasteiger partial charge in [0.2, 0.25) is 0 Å². The first-order valence-corrected chi connectivity index (χ1v) is 39.9. The highest BCUT2D eigenvalue weighted by molar-refractivity contribution is 7.27. The summed E-state index contributed by atoms with van der Waals surface area (Å²) >= 11 is 3.80. The van der Waals surface area contributed by atoms with Crippen molar-refractivity contribution in [1.82, 2.24) is 9.13 Å². The minimum absolute atomic E-state index is 1.11. The van der Waals surface area contributed by atoms with E-state index in [-0.39, 0.29) is 0 Å². The van der Waals surface area contributed by atoms with Gasteiger partial charge in [-0.25, -0.2) is 0 Å². The van der Waals surface area contributed by atoms with Gasteiger partial charge in [-0.15, -0.1) is 22.7 Å². The minimum Gasteiger partial charge on any atom is -0.310 e. The van der Waals surface area contributed by atoms with Crippen LogP contribution in [-0.4, -0.2) is 9.13 Å². The Labute approximate surface area is 655 Å². The van der Waals surface area contributed by atoms with Gasteiger partial charge in [0.25, 0.3) is 0 Å². The maximum atomic E-state index is 2.44. The van der Waals surface area contributed by atoms with Crippen LogP contribution in [0.3, 0.4) is 0 Å². The Kier molecular flexibility index (Phi) is 15.6. The van der Waals surface area contributed by atoms with Crippen molar-refractivity contribution in [2.45, 2.75) is 0 Å². The third kappa shape index (κ3) is 11.0. The Hall–Kier alpha value is -14.1. The molecular formula is C106H68N4S2. The Morgan fingerprint density at radius 1 is 0.196 bits per heavy atom. The van der Waals surface area contributed by atoms with Gasteiger partial charge in [0, 0.05) is 107 Å². The molecule has 524 valence electrons. The number of hydrogen-bond donors (Lipinski definition) is 0. The smallest absolute Gasteiger partial charge is 0.0555 e. The van der Waals surface area contributed by atoms with E-state index >= 15 is 0 Å². The summed E-state index contributed by atoms with van der Waals surface area (Å²) in [5.41, 5.74) is 21.2. The fourth-order valence-electron chi connectivity index (χ4n) is 17.4. The Morgan fingerprint density at radius 3 is 1.14 bits per heavy atom. The van der Waals surface area contributed by atoms with Crippen LogP contribution >= 0.6 is 22.7 Å². The van der Waals surface area contributed by atoms with E-state index in [1.54, 1.807) is 0 Å². The number of hydrogen-bond acceptors (Lipinski definition) is 4. The van der Waals surface area contributed by atoms with Crippen LogP contribution in [0.4, 0.5) is 34.1 Å². The fraction of sp³-hybridized carbons (Fsp3) is 0. The molecule has 0 aliphatic rings. The molecule has 23 aromatic rings. The molecule has 0 bridgehead atoms. The lowest BCUT2D eigenvalue weighted by Crippen LogP contribution is -2.10. The van der Waals surface area contributed by atoms with E-state index < -0.39 is 0 Å². The van der Waals surface area contributed by atoms with Gasteiger partial charge in [0.05, 0.1) is 27.8 Å². The molecule has 0 N–H and O–H groups in total. The molecule has 4 nitrogen and oxygen atoms in total. The SMILES string of the molecule is c1ccc(N(c2ccc(-c3ccc4ccccc4c3)cc2)c2ccc(-c3ccc(-n4c5ccccc5c5c6sc7ccccc7c6ccc54)cc3)c3ccccc23)cc1.c1ccc(N(c2ccc(-c3ccc4ccccc4c3)cc2)c2ccc3cc(-n4c5ccccc5c5c6sc7ccccc7c6ccc54)ccc3c2)cc1. The molecule has 112 heavy (non-hydrogen) atoms. The van der Waals surface area contributed by atoms with Gasteiger partial charge in [-0.05, 0) is 211 Å². The lowest BCUT2D eigenvalue weighted by molar-refractivity contribution is 1.18. The van der Waals surface area contributed by atoms with E-state index in [0.29, 0.717) is 0 Å². The normalized spacial score (nSPS) is 11.8. The molecule has 4 heterocycles. The highest BCUT2D eigenvalue weighted by Gasteiger charge is 2.23. The molecule has 0 fully saturated rings. The second kappa shape index (κ2) is 26.9. The molecule has 19 aromatic carbocycles. The summed E-state index contributed by atoms with van der Waals surface area (Å²) in [5.74, 6) is 0. The van der Waals surface area contributed by atoms with Crippen molar-refractivity contribution in [3.63, 3.8) is 0 Å². The molecule has 23 rings (SSSR count). The van der Waals surface area contributed by atoms with Gasteiger partial charge < -0.3 is 18.9 Å². The molecule has 0 saturated heterocycles. The van der Waals surface area contributed by atoms with Crippen molar-refractivity contribution in [3.05, 3.63) is 413 Å². The zero-order valence-electron chi connectivity index (χ0n) is 60.9. The van der Waals surface area contributed by atoms with Gasteiger partial charge in [-0.3, -0.25) is 0 Å².